The Morgan fingerprint density at radius 2 is 1.93 bits per heavy atom. The van der Waals surface area contributed by atoms with E-state index in [9.17, 15) is 4.79 Å². The van der Waals surface area contributed by atoms with E-state index in [1.807, 2.05) is 25.7 Å². The van der Waals surface area contributed by atoms with Gasteiger partial charge in [0.1, 0.15) is 0 Å². The summed E-state index contributed by atoms with van der Waals surface area (Å²) in [7, 11) is 0. The summed E-state index contributed by atoms with van der Waals surface area (Å²) in [5.41, 5.74) is -0.141. The number of amides is 2. The molecular formula is C12H24N2O. The number of rotatable bonds is 0. The molecule has 2 atom stereocenters. The molecule has 1 saturated heterocycles. The van der Waals surface area contributed by atoms with E-state index in [2.05, 4.69) is 19.2 Å². The molecule has 1 fully saturated rings. The van der Waals surface area contributed by atoms with Crippen molar-refractivity contribution in [1.29, 1.82) is 0 Å². The maximum atomic E-state index is 12.0. The molecule has 0 aromatic carbocycles. The Bertz CT molecular complexity index is 232. The summed E-state index contributed by atoms with van der Waals surface area (Å²) < 4.78 is 0. The highest BCUT2D eigenvalue weighted by Crippen LogP contribution is 2.23. The van der Waals surface area contributed by atoms with Gasteiger partial charge in [-0.05, 0) is 46.5 Å². The average molecular weight is 212 g/mol. The van der Waals surface area contributed by atoms with E-state index in [-0.39, 0.29) is 11.6 Å². The number of piperidine rings is 1. The third-order valence-electron chi connectivity index (χ3n) is 3.12. The summed E-state index contributed by atoms with van der Waals surface area (Å²) in [6, 6.07) is 0.447. The topological polar surface area (TPSA) is 32.3 Å². The van der Waals surface area contributed by atoms with Gasteiger partial charge in [-0.1, -0.05) is 6.92 Å². The molecular weight excluding hydrogens is 188 g/mol. The molecule has 1 N–H and O–H groups in total. The second-order valence-electron chi connectivity index (χ2n) is 5.73. The lowest BCUT2D eigenvalue weighted by Crippen LogP contribution is -2.54. The second kappa shape index (κ2) is 4.42. The molecule has 0 aromatic rings. The van der Waals surface area contributed by atoms with Crippen molar-refractivity contribution < 1.29 is 4.79 Å². The zero-order valence-electron chi connectivity index (χ0n) is 10.6. The fourth-order valence-corrected chi connectivity index (χ4v) is 2.01. The fourth-order valence-electron chi connectivity index (χ4n) is 2.01. The van der Waals surface area contributed by atoms with Gasteiger partial charge < -0.3 is 10.2 Å². The van der Waals surface area contributed by atoms with Gasteiger partial charge in [0.05, 0.1) is 0 Å². The quantitative estimate of drug-likeness (QED) is 0.657. The van der Waals surface area contributed by atoms with E-state index in [1.165, 1.54) is 6.42 Å². The monoisotopic (exact) mass is 212 g/mol. The molecule has 0 spiro atoms. The van der Waals surface area contributed by atoms with Gasteiger partial charge in [0.15, 0.2) is 0 Å². The Labute approximate surface area is 93.2 Å². The van der Waals surface area contributed by atoms with Crippen LogP contribution < -0.4 is 5.32 Å². The Morgan fingerprint density at radius 1 is 1.33 bits per heavy atom. The first-order valence-corrected chi connectivity index (χ1v) is 5.90. The van der Waals surface area contributed by atoms with Crippen LogP contribution in [0.1, 0.15) is 47.5 Å². The van der Waals surface area contributed by atoms with Crippen LogP contribution in [0.25, 0.3) is 0 Å². The van der Waals surface area contributed by atoms with Crippen molar-refractivity contribution in [2.75, 3.05) is 6.54 Å². The zero-order valence-corrected chi connectivity index (χ0v) is 10.6. The Morgan fingerprint density at radius 3 is 2.47 bits per heavy atom. The minimum atomic E-state index is -0.141. The number of carbonyl (C=O) groups is 1. The van der Waals surface area contributed by atoms with Crippen LogP contribution in [0.2, 0.25) is 0 Å². The van der Waals surface area contributed by atoms with Gasteiger partial charge in [-0.25, -0.2) is 4.79 Å². The van der Waals surface area contributed by atoms with E-state index in [1.54, 1.807) is 0 Å². The van der Waals surface area contributed by atoms with Gasteiger partial charge in [0.25, 0.3) is 0 Å². The third kappa shape index (κ3) is 3.40. The summed E-state index contributed by atoms with van der Waals surface area (Å²) in [5.74, 6) is 0.615. The summed E-state index contributed by atoms with van der Waals surface area (Å²) in [6.07, 6.45) is 2.36. The number of nitrogens with one attached hydrogen (secondary N) is 1. The molecule has 3 nitrogen and oxygen atoms in total. The number of hydrogen-bond donors (Lipinski definition) is 1. The lowest BCUT2D eigenvalue weighted by atomic mass is 9.92. The molecule has 1 heterocycles. The fraction of sp³-hybridized carbons (Fsp3) is 0.917. The van der Waals surface area contributed by atoms with Crippen LogP contribution >= 0.6 is 0 Å². The van der Waals surface area contributed by atoms with Crippen molar-refractivity contribution in [3.8, 4) is 0 Å². The first-order chi connectivity index (χ1) is 6.81. The molecule has 2 unspecified atom stereocenters. The number of nitrogens with zero attached hydrogens (tertiary/aromatic N) is 1. The Kier molecular flexibility index (Phi) is 3.63. The maximum absolute atomic E-state index is 12.0. The van der Waals surface area contributed by atoms with Crippen LogP contribution in [-0.2, 0) is 0 Å². The van der Waals surface area contributed by atoms with E-state index < -0.39 is 0 Å². The van der Waals surface area contributed by atoms with Crippen molar-refractivity contribution in [3.63, 3.8) is 0 Å². The molecule has 88 valence electrons. The van der Waals surface area contributed by atoms with Gasteiger partial charge in [-0.3, -0.25) is 0 Å². The minimum absolute atomic E-state index is 0.0848. The molecule has 1 rings (SSSR count). The highest BCUT2D eigenvalue weighted by molar-refractivity contribution is 5.75. The SMILES string of the molecule is CC1CCCN(C(=O)NC(C)(C)C)C1C. The molecule has 1 aliphatic heterocycles. The van der Waals surface area contributed by atoms with Gasteiger partial charge in [-0.2, -0.15) is 0 Å². The van der Waals surface area contributed by atoms with Crippen molar-refractivity contribution in [1.82, 2.24) is 10.2 Å². The van der Waals surface area contributed by atoms with Crippen LogP contribution in [0.3, 0.4) is 0 Å². The van der Waals surface area contributed by atoms with E-state index in [0.29, 0.717) is 12.0 Å². The molecule has 0 aliphatic carbocycles. The highest BCUT2D eigenvalue weighted by atomic mass is 16.2. The highest BCUT2D eigenvalue weighted by Gasteiger charge is 2.29. The lowest BCUT2D eigenvalue weighted by Gasteiger charge is -2.39. The average Bonchev–Trinajstić information content (AvgIpc) is 2.06. The Balaban J connectivity index is 2.59. The number of hydrogen-bond acceptors (Lipinski definition) is 1. The van der Waals surface area contributed by atoms with Crippen LogP contribution in [0, 0.1) is 5.92 Å². The van der Waals surface area contributed by atoms with Crippen molar-refractivity contribution >= 4 is 6.03 Å². The van der Waals surface area contributed by atoms with E-state index in [4.69, 9.17) is 0 Å². The van der Waals surface area contributed by atoms with Gasteiger partial charge >= 0.3 is 6.03 Å². The lowest BCUT2D eigenvalue weighted by molar-refractivity contribution is 0.123. The van der Waals surface area contributed by atoms with Crippen LogP contribution in [0.4, 0.5) is 4.79 Å². The summed E-state index contributed by atoms with van der Waals surface area (Å²) in [4.78, 5) is 14.0. The molecule has 2 amide bonds. The number of carbonyl (C=O) groups excluding carboxylic acids is 1. The number of likely N-dealkylation sites (tertiary alicyclic amines) is 1. The zero-order chi connectivity index (χ0) is 11.6. The molecule has 0 aromatic heterocycles. The third-order valence-corrected chi connectivity index (χ3v) is 3.12. The Hall–Kier alpha value is -0.730. The molecule has 3 heteroatoms. The summed E-state index contributed by atoms with van der Waals surface area (Å²) in [5, 5.41) is 3.03. The first kappa shape index (κ1) is 12.3. The van der Waals surface area contributed by atoms with Crippen molar-refractivity contribution in [3.05, 3.63) is 0 Å². The van der Waals surface area contributed by atoms with Crippen molar-refractivity contribution in [2.45, 2.75) is 59.0 Å². The van der Waals surface area contributed by atoms with E-state index in [0.717, 1.165) is 13.0 Å². The standard InChI is InChI=1S/C12H24N2O/c1-9-7-6-8-14(10(9)2)11(15)13-12(3,4)5/h9-10H,6-8H2,1-5H3,(H,13,15). The molecule has 0 bridgehead atoms. The predicted octanol–water partition coefficient (Wildman–Crippen LogP) is 2.61. The first-order valence-electron chi connectivity index (χ1n) is 5.90. The maximum Gasteiger partial charge on any atom is 0.318 e. The summed E-state index contributed by atoms with van der Waals surface area (Å²) in [6.45, 7) is 11.3. The van der Waals surface area contributed by atoms with Crippen LogP contribution in [-0.4, -0.2) is 29.1 Å². The van der Waals surface area contributed by atoms with Gasteiger partial charge in [-0.15, -0.1) is 0 Å². The van der Waals surface area contributed by atoms with Crippen LogP contribution in [0.15, 0.2) is 0 Å². The van der Waals surface area contributed by atoms with Crippen LogP contribution in [0.5, 0.6) is 0 Å². The van der Waals surface area contributed by atoms with E-state index >= 15 is 0 Å². The second-order valence-corrected chi connectivity index (χ2v) is 5.73. The van der Waals surface area contributed by atoms with Crippen molar-refractivity contribution in [2.24, 2.45) is 5.92 Å². The smallest absolute Gasteiger partial charge is 0.318 e. The predicted molar refractivity (Wildman–Crippen MR) is 62.9 cm³/mol. The minimum Gasteiger partial charge on any atom is -0.333 e. The normalized spacial score (nSPS) is 27.7. The largest absolute Gasteiger partial charge is 0.333 e. The molecule has 0 radical (unpaired) electrons. The number of urea groups is 1. The molecule has 1 aliphatic rings. The molecule has 15 heavy (non-hydrogen) atoms. The summed E-state index contributed by atoms with van der Waals surface area (Å²) >= 11 is 0. The van der Waals surface area contributed by atoms with Gasteiger partial charge in [0.2, 0.25) is 0 Å². The van der Waals surface area contributed by atoms with Gasteiger partial charge in [0, 0.05) is 18.1 Å². The molecule has 0 saturated carbocycles.